The van der Waals surface area contributed by atoms with E-state index < -0.39 is 0 Å². The van der Waals surface area contributed by atoms with Gasteiger partial charge < -0.3 is 10.6 Å². The lowest BCUT2D eigenvalue weighted by Crippen LogP contribution is -2.40. The Morgan fingerprint density at radius 3 is 1.42 bits per heavy atom. The molecule has 0 aromatic rings. The van der Waals surface area contributed by atoms with Crippen molar-refractivity contribution in [1.29, 1.82) is 0 Å². The number of hydrogen-bond donors (Lipinski definition) is 2. The molecule has 2 aliphatic rings. The topological polar surface area (TPSA) is 24.1 Å². The van der Waals surface area contributed by atoms with E-state index in [9.17, 15) is 0 Å². The van der Waals surface area contributed by atoms with Crippen molar-refractivity contribution in [3.63, 3.8) is 0 Å². The van der Waals surface area contributed by atoms with Crippen molar-refractivity contribution in [3.05, 3.63) is 0 Å². The lowest BCUT2D eigenvalue weighted by Gasteiger charge is -2.17. The molecule has 0 bridgehead atoms. The Labute approximate surface area is 86.7 Å². The molecule has 2 rings (SSSR count). The molecule has 0 aliphatic carbocycles. The Bertz CT molecular complexity index is 95.6. The van der Waals surface area contributed by atoms with Crippen molar-refractivity contribution in [2.45, 2.75) is 37.8 Å². The van der Waals surface area contributed by atoms with E-state index in [0.29, 0.717) is 0 Å². The fourth-order valence-corrected chi connectivity index (χ4v) is 2.11. The summed E-state index contributed by atoms with van der Waals surface area (Å²) >= 11 is 0. The summed E-state index contributed by atoms with van der Waals surface area (Å²) < 4.78 is 0. The standard InChI is InChI=1S/C8H16N2.2ClH/c1-3-7(9-5-1)8-4-2-6-10-8;;/h7-10H,1-6H2;2*1H/t7-,8?;;/m1../s1. The molecule has 2 N–H and O–H groups in total. The Hall–Kier alpha value is 0.500. The Kier molecular flexibility index (Phi) is 6.28. The Balaban J connectivity index is 0.000000605. The summed E-state index contributed by atoms with van der Waals surface area (Å²) in [5.41, 5.74) is 0. The molecule has 0 aromatic carbocycles. The van der Waals surface area contributed by atoms with Crippen LogP contribution < -0.4 is 10.6 Å². The highest BCUT2D eigenvalue weighted by Crippen LogP contribution is 2.16. The highest BCUT2D eigenvalue weighted by atomic mass is 35.5. The van der Waals surface area contributed by atoms with Crippen LogP contribution in [-0.4, -0.2) is 25.2 Å². The first kappa shape index (κ1) is 12.5. The minimum atomic E-state index is 0. The predicted octanol–water partition coefficient (Wildman–Crippen LogP) is 1.33. The molecule has 0 saturated carbocycles. The van der Waals surface area contributed by atoms with E-state index >= 15 is 0 Å². The van der Waals surface area contributed by atoms with Gasteiger partial charge in [0.2, 0.25) is 0 Å². The molecule has 0 radical (unpaired) electrons. The highest BCUT2D eigenvalue weighted by Gasteiger charge is 2.26. The van der Waals surface area contributed by atoms with Crippen molar-refractivity contribution >= 4 is 24.8 Å². The SMILES string of the molecule is C1CNC([C@H]2CCCN2)C1.Cl.Cl. The zero-order chi connectivity index (χ0) is 6.81. The average Bonchev–Trinajstić information content (AvgIpc) is 2.59. The van der Waals surface area contributed by atoms with Crippen LogP contribution in [0.3, 0.4) is 0 Å². The van der Waals surface area contributed by atoms with Gasteiger partial charge in [0.25, 0.3) is 0 Å². The lowest BCUT2D eigenvalue weighted by atomic mass is 10.1. The van der Waals surface area contributed by atoms with E-state index in [1.54, 1.807) is 0 Å². The maximum absolute atomic E-state index is 3.54. The summed E-state index contributed by atoms with van der Waals surface area (Å²) in [5.74, 6) is 0. The second-order valence-electron chi connectivity index (χ2n) is 3.41. The van der Waals surface area contributed by atoms with Gasteiger partial charge >= 0.3 is 0 Å². The maximum Gasteiger partial charge on any atom is 0.0221 e. The van der Waals surface area contributed by atoms with Crippen LogP contribution in [0, 0.1) is 0 Å². The zero-order valence-electron chi connectivity index (χ0n) is 7.21. The van der Waals surface area contributed by atoms with Crippen LogP contribution in [0.2, 0.25) is 0 Å². The van der Waals surface area contributed by atoms with Crippen LogP contribution in [0.1, 0.15) is 25.7 Å². The molecule has 2 heterocycles. The summed E-state index contributed by atoms with van der Waals surface area (Å²) in [6.07, 6.45) is 5.53. The molecule has 2 fully saturated rings. The van der Waals surface area contributed by atoms with Gasteiger partial charge in [0, 0.05) is 12.1 Å². The fraction of sp³-hybridized carbons (Fsp3) is 1.00. The van der Waals surface area contributed by atoms with Gasteiger partial charge in [-0.2, -0.15) is 0 Å². The van der Waals surface area contributed by atoms with Crippen molar-refractivity contribution in [2.24, 2.45) is 0 Å². The molecule has 12 heavy (non-hydrogen) atoms. The zero-order valence-corrected chi connectivity index (χ0v) is 8.85. The van der Waals surface area contributed by atoms with Crippen LogP contribution in [0.25, 0.3) is 0 Å². The van der Waals surface area contributed by atoms with Gasteiger partial charge in [-0.05, 0) is 38.8 Å². The molecule has 4 heteroatoms. The minimum absolute atomic E-state index is 0. The predicted molar refractivity (Wildman–Crippen MR) is 56.5 cm³/mol. The molecule has 2 nitrogen and oxygen atoms in total. The van der Waals surface area contributed by atoms with Crippen LogP contribution in [0.5, 0.6) is 0 Å². The van der Waals surface area contributed by atoms with Gasteiger partial charge in [-0.1, -0.05) is 0 Å². The number of hydrogen-bond acceptors (Lipinski definition) is 2. The lowest BCUT2D eigenvalue weighted by molar-refractivity contribution is 0.449. The first-order chi connectivity index (χ1) is 4.97. The van der Waals surface area contributed by atoms with E-state index in [1.165, 1.54) is 38.8 Å². The van der Waals surface area contributed by atoms with Gasteiger partial charge in [-0.3, -0.25) is 0 Å². The fourth-order valence-electron chi connectivity index (χ4n) is 2.11. The van der Waals surface area contributed by atoms with Gasteiger partial charge in [0.05, 0.1) is 0 Å². The van der Waals surface area contributed by atoms with Crippen molar-refractivity contribution in [3.8, 4) is 0 Å². The second kappa shape index (κ2) is 6.03. The van der Waals surface area contributed by atoms with Crippen LogP contribution in [-0.2, 0) is 0 Å². The van der Waals surface area contributed by atoms with Gasteiger partial charge in [-0.15, -0.1) is 24.8 Å². The molecule has 0 spiro atoms. The average molecular weight is 213 g/mol. The normalized spacial score (nSPS) is 34.0. The minimum Gasteiger partial charge on any atom is -0.312 e. The number of rotatable bonds is 1. The van der Waals surface area contributed by atoms with E-state index in [0.717, 1.165) is 12.1 Å². The highest BCUT2D eigenvalue weighted by molar-refractivity contribution is 5.85. The third kappa shape index (κ3) is 2.77. The second-order valence-corrected chi connectivity index (χ2v) is 3.41. The van der Waals surface area contributed by atoms with Crippen molar-refractivity contribution in [1.82, 2.24) is 10.6 Å². The molecule has 74 valence electrons. The van der Waals surface area contributed by atoms with E-state index in [-0.39, 0.29) is 24.8 Å². The summed E-state index contributed by atoms with van der Waals surface area (Å²) in [7, 11) is 0. The smallest absolute Gasteiger partial charge is 0.0221 e. The summed E-state index contributed by atoms with van der Waals surface area (Å²) in [4.78, 5) is 0. The maximum atomic E-state index is 3.54. The van der Waals surface area contributed by atoms with Crippen LogP contribution in [0.15, 0.2) is 0 Å². The molecule has 2 aliphatic heterocycles. The Morgan fingerprint density at radius 1 is 0.750 bits per heavy atom. The summed E-state index contributed by atoms with van der Waals surface area (Å²) in [6, 6.07) is 1.59. The first-order valence-corrected chi connectivity index (χ1v) is 4.43. The third-order valence-electron chi connectivity index (χ3n) is 2.68. The van der Waals surface area contributed by atoms with Crippen molar-refractivity contribution < 1.29 is 0 Å². The largest absolute Gasteiger partial charge is 0.312 e. The first-order valence-electron chi connectivity index (χ1n) is 4.43. The summed E-state index contributed by atoms with van der Waals surface area (Å²) in [5, 5.41) is 7.07. The molecule has 0 amide bonds. The number of halogens is 2. The third-order valence-corrected chi connectivity index (χ3v) is 2.68. The summed E-state index contributed by atoms with van der Waals surface area (Å²) in [6.45, 7) is 2.48. The van der Waals surface area contributed by atoms with Gasteiger partial charge in [0.15, 0.2) is 0 Å². The molecule has 2 saturated heterocycles. The van der Waals surface area contributed by atoms with Gasteiger partial charge in [-0.25, -0.2) is 0 Å². The van der Waals surface area contributed by atoms with E-state index in [2.05, 4.69) is 10.6 Å². The van der Waals surface area contributed by atoms with E-state index in [4.69, 9.17) is 0 Å². The molecular formula is C8H18Cl2N2. The number of nitrogens with one attached hydrogen (secondary N) is 2. The monoisotopic (exact) mass is 212 g/mol. The van der Waals surface area contributed by atoms with Crippen LogP contribution in [0.4, 0.5) is 0 Å². The van der Waals surface area contributed by atoms with E-state index in [1.807, 2.05) is 0 Å². The quantitative estimate of drug-likeness (QED) is 0.686. The molecular weight excluding hydrogens is 195 g/mol. The van der Waals surface area contributed by atoms with Gasteiger partial charge in [0.1, 0.15) is 0 Å². The molecule has 0 aromatic heterocycles. The van der Waals surface area contributed by atoms with Crippen LogP contribution >= 0.6 is 24.8 Å². The molecule has 2 atom stereocenters. The molecule has 1 unspecified atom stereocenters. The van der Waals surface area contributed by atoms with Crippen molar-refractivity contribution in [2.75, 3.05) is 13.1 Å². The Morgan fingerprint density at radius 2 is 1.17 bits per heavy atom.